The average molecular weight is 1040 g/mol. The number of rotatable bonds is 19. The highest BCUT2D eigenvalue weighted by atomic mass is 16.7. The molecule has 0 saturated heterocycles. The van der Waals surface area contributed by atoms with Crippen LogP contribution in [-0.4, -0.2) is 75.5 Å². The first-order valence-corrected chi connectivity index (χ1v) is 28.4. The summed E-state index contributed by atoms with van der Waals surface area (Å²) in [6, 6.07) is 0. The fraction of sp³-hybridized carbons (Fsp3) is 0.934. The van der Waals surface area contributed by atoms with Crippen molar-refractivity contribution in [2.75, 3.05) is 20.7 Å². The molecule has 11 atom stereocenters. The van der Waals surface area contributed by atoms with Crippen LogP contribution in [-0.2, 0) is 57.1 Å². The van der Waals surface area contributed by atoms with Gasteiger partial charge >= 0.3 is 23.9 Å². The Balaban J connectivity index is 0.000000262. The van der Waals surface area contributed by atoms with E-state index in [4.69, 9.17) is 37.9 Å². The van der Waals surface area contributed by atoms with E-state index in [-0.39, 0.29) is 82.8 Å². The Morgan fingerprint density at radius 3 is 1.22 bits per heavy atom. The zero-order valence-electron chi connectivity index (χ0n) is 51.1. The summed E-state index contributed by atoms with van der Waals surface area (Å²) in [5, 5.41) is 0. The number of methoxy groups -OCH3 is 1. The van der Waals surface area contributed by atoms with Crippen LogP contribution >= 0.6 is 0 Å². The number of carbonyl (C=O) groups excluding carboxylic acids is 4. The molecule has 12 nitrogen and oxygen atoms in total. The van der Waals surface area contributed by atoms with Gasteiger partial charge in [-0.05, 0) is 203 Å². The predicted octanol–water partition coefficient (Wildman–Crippen LogP) is 14.8. The van der Waals surface area contributed by atoms with Crippen LogP contribution in [0.4, 0.5) is 0 Å². The van der Waals surface area contributed by atoms with E-state index in [1.54, 1.807) is 6.92 Å². The average Bonchev–Trinajstić information content (AvgIpc) is 4.10. The fourth-order valence-electron chi connectivity index (χ4n) is 12.8. The van der Waals surface area contributed by atoms with E-state index in [1.807, 2.05) is 90.0 Å². The van der Waals surface area contributed by atoms with E-state index in [9.17, 15) is 19.2 Å². The maximum Gasteiger partial charge on any atom is 0.313 e. The number of ether oxygens (including phenoxy) is 8. The van der Waals surface area contributed by atoms with Gasteiger partial charge in [0.1, 0.15) is 0 Å². The van der Waals surface area contributed by atoms with Gasteiger partial charge in [0.05, 0.1) is 40.0 Å². The van der Waals surface area contributed by atoms with Crippen molar-refractivity contribution in [2.24, 2.45) is 71.9 Å². The van der Waals surface area contributed by atoms with Crippen LogP contribution < -0.4 is 0 Å². The summed E-state index contributed by atoms with van der Waals surface area (Å²) in [6.45, 7) is 47.8. The van der Waals surface area contributed by atoms with Crippen LogP contribution in [0.3, 0.4) is 0 Å². The number of hydrogen-bond donors (Lipinski definition) is 0. The summed E-state index contributed by atoms with van der Waals surface area (Å²) in [4.78, 5) is 47.4. The first-order valence-electron chi connectivity index (χ1n) is 28.4. The third kappa shape index (κ3) is 14.5. The predicted molar refractivity (Wildman–Crippen MR) is 289 cm³/mol. The number of hydrogen-bond acceptors (Lipinski definition) is 12. The van der Waals surface area contributed by atoms with E-state index in [1.165, 1.54) is 58.5 Å². The standard InChI is InChI=1S/C18H32O3.2C17H30O3.C9H18O3/c1-8-16(3,4)15(19)21-12(2)20-14-17(5,6)13-9-10-18(14,7)11-13;1-7-15(2,3)14(18)20-11-19-13-16(4,5)12-8-9-17(13,6)10-12;1-7-15(2,3)14(18)20-11-19-13-10-12-8-9-17(13,6)16(12,4)5;1-6-9(3,4)8(10)12-7(2)11-5/h12-14H,8-11H2,1-7H3;2*12-13H,7-11H2,1-6H3;7H,6H2,1-5H3. The zero-order chi connectivity index (χ0) is 56.2. The fourth-order valence-corrected chi connectivity index (χ4v) is 12.8. The molecule has 0 aliphatic heterocycles. The molecule has 6 rings (SSSR count). The van der Waals surface area contributed by atoms with Gasteiger partial charge in [-0.2, -0.15) is 0 Å². The Hall–Kier alpha value is -2.28. The number of carbonyl (C=O) groups is 4. The zero-order valence-corrected chi connectivity index (χ0v) is 51.1. The molecule has 0 aromatic carbocycles. The minimum Gasteiger partial charge on any atom is -0.438 e. The maximum absolute atomic E-state index is 12.2. The molecular weight excluding hydrogens is 925 g/mol. The van der Waals surface area contributed by atoms with Crippen LogP contribution in [0.25, 0.3) is 0 Å². The van der Waals surface area contributed by atoms with Crippen molar-refractivity contribution in [2.45, 2.75) is 274 Å². The highest BCUT2D eigenvalue weighted by Crippen LogP contribution is 2.67. The lowest BCUT2D eigenvalue weighted by Crippen LogP contribution is -2.45. The first kappa shape index (κ1) is 65.0. The number of fused-ring (bicyclic) bond motifs is 6. The molecule has 0 amide bonds. The Kier molecular flexibility index (Phi) is 21.5. The summed E-state index contributed by atoms with van der Waals surface area (Å²) in [6.07, 6.45) is 14.0. The van der Waals surface area contributed by atoms with Crippen LogP contribution in [0, 0.1) is 71.9 Å². The second-order valence-corrected chi connectivity index (χ2v) is 28.4. The maximum atomic E-state index is 12.2. The van der Waals surface area contributed by atoms with Crippen molar-refractivity contribution in [3.8, 4) is 0 Å². The Morgan fingerprint density at radius 2 is 0.877 bits per heavy atom. The molecule has 0 N–H and O–H groups in total. The molecule has 0 aromatic rings. The molecule has 11 unspecified atom stereocenters. The molecule has 6 aliphatic carbocycles. The highest BCUT2D eigenvalue weighted by Gasteiger charge is 2.63. The normalized spacial score (nSPS) is 31.9. The van der Waals surface area contributed by atoms with Crippen molar-refractivity contribution in [1.82, 2.24) is 0 Å². The van der Waals surface area contributed by atoms with Crippen molar-refractivity contribution in [3.05, 3.63) is 0 Å². The largest absolute Gasteiger partial charge is 0.438 e. The van der Waals surface area contributed by atoms with Crippen LogP contribution in [0.15, 0.2) is 0 Å². The van der Waals surface area contributed by atoms with Crippen LogP contribution in [0.2, 0.25) is 0 Å². The van der Waals surface area contributed by atoms with Gasteiger partial charge in [0.2, 0.25) is 0 Å². The van der Waals surface area contributed by atoms with E-state index in [2.05, 4.69) is 62.3 Å². The van der Waals surface area contributed by atoms with E-state index >= 15 is 0 Å². The van der Waals surface area contributed by atoms with Gasteiger partial charge in [0.15, 0.2) is 26.2 Å². The lowest BCUT2D eigenvalue weighted by Gasteiger charge is -2.43. The molecule has 0 radical (unpaired) electrons. The monoisotopic (exact) mass is 1030 g/mol. The van der Waals surface area contributed by atoms with Crippen LogP contribution in [0.1, 0.15) is 243 Å². The van der Waals surface area contributed by atoms with Gasteiger partial charge < -0.3 is 37.9 Å². The minimum atomic E-state index is -0.469. The lowest BCUT2D eigenvalue weighted by molar-refractivity contribution is -0.219. The molecule has 0 heterocycles. The molecule has 0 spiro atoms. The van der Waals surface area contributed by atoms with E-state index in [0.717, 1.165) is 49.9 Å². The summed E-state index contributed by atoms with van der Waals surface area (Å²) >= 11 is 0. The molecule has 12 heteroatoms. The Morgan fingerprint density at radius 1 is 0.507 bits per heavy atom. The molecule has 426 valence electrons. The van der Waals surface area contributed by atoms with E-state index < -0.39 is 34.2 Å². The van der Waals surface area contributed by atoms with Crippen molar-refractivity contribution in [3.63, 3.8) is 0 Å². The van der Waals surface area contributed by atoms with Gasteiger partial charge in [-0.15, -0.1) is 0 Å². The molecule has 6 bridgehead atoms. The number of esters is 4. The van der Waals surface area contributed by atoms with Crippen molar-refractivity contribution in [1.29, 1.82) is 0 Å². The minimum absolute atomic E-state index is 0.0959. The molecule has 73 heavy (non-hydrogen) atoms. The molecule has 6 fully saturated rings. The summed E-state index contributed by atoms with van der Waals surface area (Å²) < 4.78 is 44.2. The topological polar surface area (TPSA) is 142 Å². The lowest BCUT2D eigenvalue weighted by atomic mass is 9.70. The Bertz CT molecular complexity index is 1840. The smallest absolute Gasteiger partial charge is 0.313 e. The Labute approximate surface area is 445 Å². The highest BCUT2D eigenvalue weighted by molar-refractivity contribution is 5.77. The second-order valence-electron chi connectivity index (χ2n) is 28.4. The van der Waals surface area contributed by atoms with Crippen molar-refractivity contribution >= 4 is 23.9 Å². The van der Waals surface area contributed by atoms with Gasteiger partial charge in [-0.25, -0.2) is 0 Å². The van der Waals surface area contributed by atoms with Gasteiger partial charge in [-0.1, -0.05) is 90.0 Å². The van der Waals surface area contributed by atoms with E-state index in [0.29, 0.717) is 5.41 Å². The van der Waals surface area contributed by atoms with Crippen molar-refractivity contribution < 1.29 is 57.1 Å². The quantitative estimate of drug-likeness (QED) is 0.0690. The van der Waals surface area contributed by atoms with Gasteiger partial charge in [-0.3, -0.25) is 19.2 Å². The summed E-state index contributed by atoms with van der Waals surface area (Å²) in [5.74, 6) is 1.55. The first-order chi connectivity index (χ1) is 33.2. The molecular formula is C61H110O12. The third-order valence-corrected chi connectivity index (χ3v) is 20.8. The molecule has 6 saturated carbocycles. The second kappa shape index (κ2) is 24.2. The van der Waals surface area contributed by atoms with Crippen LogP contribution in [0.5, 0.6) is 0 Å². The SMILES string of the molecule is CCC(C)(C)C(=O)OC(C)OC.CCC(C)(C)C(=O)OC(C)OC1C2(C)CCC(C2)C1(C)C.CCC(C)(C)C(=O)OCOC1C2(C)CCC(C2)C1(C)C.CCC(C)(C)C(=O)OCOC1CC2CCC1(C)C2(C)C. The summed E-state index contributed by atoms with van der Waals surface area (Å²) in [7, 11) is 1.51. The van der Waals surface area contributed by atoms with Gasteiger partial charge in [0, 0.05) is 7.11 Å². The van der Waals surface area contributed by atoms with Gasteiger partial charge in [0.25, 0.3) is 0 Å². The summed E-state index contributed by atoms with van der Waals surface area (Å²) in [5.41, 5.74) is -0.241. The molecule has 6 aliphatic rings. The molecule has 0 aromatic heterocycles. The third-order valence-electron chi connectivity index (χ3n) is 20.8.